The van der Waals surface area contributed by atoms with Crippen molar-refractivity contribution in [1.82, 2.24) is 30.1 Å². The maximum atomic E-state index is 4.97. The van der Waals surface area contributed by atoms with Crippen LogP contribution in [-0.4, -0.2) is 31.3 Å². The van der Waals surface area contributed by atoms with Crippen molar-refractivity contribution in [3.63, 3.8) is 0 Å². The second kappa shape index (κ2) is 21.7. The molecule has 77 heavy (non-hydrogen) atoms. The van der Waals surface area contributed by atoms with Crippen LogP contribution in [-0.2, 0) is 29.6 Å². The standard InChI is InChI=1S/C70H58N7/c1-10-31-56(32-11-1)68(57-33-12-2-13-34-57,58-35-14-3-15-36-58)71-51-50-65-53-76(69(59-37-16-4-17-38-59,60-39-18-5-19-40-60)61-41-20-6-21-42-61)54-75(65)52-55-30-28-29-49-66(55)67-72-73-74-77(67)70(62-43-22-7-23-44-62,63-45-24-8-25-46-63)64-47-26-9-27-48-64/h1-49,53-54,71H,50-52H2/q+1. The summed E-state index contributed by atoms with van der Waals surface area (Å²) in [6.07, 6.45) is 5.39. The molecule has 0 spiro atoms. The predicted molar refractivity (Wildman–Crippen MR) is 307 cm³/mol. The molecule has 1 N–H and O–H groups in total. The highest BCUT2D eigenvalue weighted by atomic mass is 15.6. The van der Waals surface area contributed by atoms with Crippen LogP contribution in [0.4, 0.5) is 0 Å². The quantitative estimate of drug-likeness (QED) is 0.0687. The Morgan fingerprint density at radius 3 is 1.14 bits per heavy atom. The van der Waals surface area contributed by atoms with Gasteiger partial charge in [-0.25, -0.2) is 13.8 Å². The first kappa shape index (κ1) is 48.4. The van der Waals surface area contributed by atoms with Gasteiger partial charge in [0.05, 0.1) is 5.54 Å². The van der Waals surface area contributed by atoms with Crippen molar-refractivity contribution in [3.05, 3.63) is 371 Å². The average molecular weight is 997 g/mol. The lowest BCUT2D eigenvalue weighted by Gasteiger charge is -2.37. The van der Waals surface area contributed by atoms with E-state index < -0.39 is 16.6 Å². The van der Waals surface area contributed by atoms with Crippen LogP contribution in [0.3, 0.4) is 0 Å². The number of hydrogen-bond acceptors (Lipinski definition) is 4. The number of hydrogen-bond donors (Lipinski definition) is 1. The van der Waals surface area contributed by atoms with Gasteiger partial charge in [0, 0.05) is 40.8 Å². The minimum Gasteiger partial charge on any atom is -0.300 e. The lowest BCUT2D eigenvalue weighted by Crippen LogP contribution is -2.57. The number of imidazole rings is 1. The molecular weight excluding hydrogens is 939 g/mol. The fraction of sp³-hybridized carbons (Fsp3) is 0.0857. The largest absolute Gasteiger partial charge is 0.300 e. The van der Waals surface area contributed by atoms with Crippen LogP contribution in [0.15, 0.2) is 310 Å². The van der Waals surface area contributed by atoms with E-state index in [2.05, 4.69) is 329 Å². The molecule has 0 aliphatic heterocycles. The van der Waals surface area contributed by atoms with Crippen LogP contribution >= 0.6 is 0 Å². The first-order chi connectivity index (χ1) is 38.2. The number of benzene rings is 10. The Bertz CT molecular complexity index is 3490. The lowest BCUT2D eigenvalue weighted by atomic mass is 9.76. The van der Waals surface area contributed by atoms with E-state index >= 15 is 0 Å². The Kier molecular flexibility index (Phi) is 13.7. The summed E-state index contributed by atoms with van der Waals surface area (Å²) in [5, 5.41) is 18.7. The second-order valence-electron chi connectivity index (χ2n) is 19.5. The zero-order valence-corrected chi connectivity index (χ0v) is 42.7. The Balaban J connectivity index is 1.04. The SMILES string of the molecule is c1ccc(C(NCCc2c[n+](C(c3ccccc3)(c3ccccc3)c3ccccc3)cn2Cc2ccccc2-c2nnnn2C(c2ccccc2)(c2ccccc2)c2ccccc2)(c2ccccc2)c2ccccc2)cc1. The molecule has 0 atom stereocenters. The van der Waals surface area contributed by atoms with Crippen molar-refractivity contribution in [2.75, 3.05) is 6.54 Å². The van der Waals surface area contributed by atoms with Gasteiger partial charge in [-0.05, 0) is 43.8 Å². The van der Waals surface area contributed by atoms with Crippen molar-refractivity contribution in [2.45, 2.75) is 29.6 Å². The molecule has 10 aromatic carbocycles. The third-order valence-corrected chi connectivity index (χ3v) is 15.2. The molecule has 0 unspecified atom stereocenters. The van der Waals surface area contributed by atoms with E-state index in [1.807, 2.05) is 4.68 Å². The van der Waals surface area contributed by atoms with Gasteiger partial charge in [-0.3, -0.25) is 5.32 Å². The van der Waals surface area contributed by atoms with Crippen LogP contribution in [0.2, 0.25) is 0 Å². The third kappa shape index (κ3) is 8.86. The summed E-state index contributed by atoms with van der Waals surface area (Å²) < 4.78 is 6.92. The molecule has 0 saturated carbocycles. The zero-order valence-electron chi connectivity index (χ0n) is 42.7. The van der Waals surface area contributed by atoms with Crippen LogP contribution in [0.5, 0.6) is 0 Å². The van der Waals surface area contributed by atoms with Gasteiger partial charge in [-0.15, -0.1) is 5.10 Å². The highest BCUT2D eigenvalue weighted by molar-refractivity contribution is 5.63. The molecule has 2 aromatic heterocycles. The monoisotopic (exact) mass is 996 g/mol. The van der Waals surface area contributed by atoms with Gasteiger partial charge in [0.25, 0.3) is 0 Å². The topological polar surface area (TPSA) is 64.4 Å². The van der Waals surface area contributed by atoms with E-state index in [0.717, 1.165) is 50.2 Å². The van der Waals surface area contributed by atoms with E-state index in [1.165, 1.54) is 16.7 Å². The number of nitrogens with zero attached hydrogens (tertiary/aromatic N) is 6. The highest BCUT2D eigenvalue weighted by Crippen LogP contribution is 2.43. The van der Waals surface area contributed by atoms with Crippen LogP contribution in [0.1, 0.15) is 61.3 Å². The molecule has 12 aromatic rings. The van der Waals surface area contributed by atoms with Crippen LogP contribution in [0.25, 0.3) is 11.4 Å². The summed E-state index contributed by atoms with van der Waals surface area (Å²) in [6.45, 7) is 1.17. The molecule has 0 amide bonds. The van der Waals surface area contributed by atoms with E-state index in [9.17, 15) is 0 Å². The summed E-state index contributed by atoms with van der Waals surface area (Å²) in [4.78, 5) is 0. The normalized spacial score (nSPS) is 11.8. The average Bonchev–Trinajstić information content (AvgIpc) is 4.34. The zero-order chi connectivity index (χ0) is 51.7. The number of rotatable bonds is 18. The van der Waals surface area contributed by atoms with Crippen molar-refractivity contribution in [1.29, 1.82) is 0 Å². The van der Waals surface area contributed by atoms with Gasteiger partial charge in [-0.1, -0.05) is 297 Å². The van der Waals surface area contributed by atoms with E-state index in [1.54, 1.807) is 0 Å². The molecule has 7 heteroatoms. The Labute approximate surface area is 451 Å². The van der Waals surface area contributed by atoms with Gasteiger partial charge < -0.3 is 0 Å². The lowest BCUT2D eigenvalue weighted by molar-refractivity contribution is -0.734. The van der Waals surface area contributed by atoms with E-state index in [4.69, 9.17) is 10.3 Å². The fourth-order valence-electron chi connectivity index (χ4n) is 11.8. The molecule has 0 fully saturated rings. The minimum absolute atomic E-state index is 0.524. The Morgan fingerprint density at radius 1 is 0.390 bits per heavy atom. The number of tetrazole rings is 1. The molecule has 0 aliphatic rings. The summed E-state index contributed by atoms with van der Waals surface area (Å²) in [5.41, 5.74) is 10.9. The Hall–Kier alpha value is -9.56. The molecule has 372 valence electrons. The van der Waals surface area contributed by atoms with Gasteiger partial charge in [0.1, 0.15) is 24.0 Å². The van der Waals surface area contributed by atoms with E-state index in [-0.39, 0.29) is 0 Å². The van der Waals surface area contributed by atoms with Crippen LogP contribution in [0, 0.1) is 0 Å². The van der Waals surface area contributed by atoms with Crippen molar-refractivity contribution < 1.29 is 4.57 Å². The molecule has 0 bridgehead atoms. The second-order valence-corrected chi connectivity index (χ2v) is 19.5. The van der Waals surface area contributed by atoms with Crippen molar-refractivity contribution in [2.24, 2.45) is 0 Å². The van der Waals surface area contributed by atoms with Crippen molar-refractivity contribution >= 4 is 0 Å². The molecule has 0 aliphatic carbocycles. The Morgan fingerprint density at radius 2 is 0.740 bits per heavy atom. The van der Waals surface area contributed by atoms with Gasteiger partial charge >= 0.3 is 0 Å². The molecular formula is C70H58N7+. The fourth-order valence-corrected chi connectivity index (χ4v) is 11.8. The van der Waals surface area contributed by atoms with E-state index in [0.29, 0.717) is 25.3 Å². The maximum absolute atomic E-state index is 4.97. The summed E-state index contributed by atoms with van der Waals surface area (Å²) >= 11 is 0. The third-order valence-electron chi connectivity index (χ3n) is 15.2. The van der Waals surface area contributed by atoms with Gasteiger partial charge in [0.2, 0.25) is 6.33 Å². The van der Waals surface area contributed by atoms with Crippen molar-refractivity contribution in [3.8, 4) is 11.4 Å². The predicted octanol–water partition coefficient (Wildman–Crippen LogP) is 13.3. The number of nitrogens with one attached hydrogen (secondary N) is 1. The van der Waals surface area contributed by atoms with Gasteiger partial charge in [0.15, 0.2) is 11.4 Å². The maximum Gasteiger partial charge on any atom is 0.245 e. The minimum atomic E-state index is -0.924. The van der Waals surface area contributed by atoms with Gasteiger partial charge in [-0.2, -0.15) is 0 Å². The van der Waals surface area contributed by atoms with Crippen LogP contribution < -0.4 is 9.88 Å². The molecule has 0 radical (unpaired) electrons. The first-order valence-electron chi connectivity index (χ1n) is 26.4. The summed E-state index contributed by atoms with van der Waals surface area (Å²) in [7, 11) is 0. The number of aromatic nitrogens is 6. The first-order valence-corrected chi connectivity index (χ1v) is 26.4. The summed E-state index contributed by atoms with van der Waals surface area (Å²) in [5.74, 6) is 0.658. The molecule has 2 heterocycles. The molecule has 7 nitrogen and oxygen atoms in total. The smallest absolute Gasteiger partial charge is 0.245 e. The summed E-state index contributed by atoms with van der Waals surface area (Å²) in [6, 6.07) is 106. The molecule has 12 rings (SSSR count). The highest BCUT2D eigenvalue weighted by Gasteiger charge is 2.45. The molecule has 0 saturated heterocycles.